The van der Waals surface area contributed by atoms with Gasteiger partial charge in [0.15, 0.2) is 0 Å². The summed E-state index contributed by atoms with van der Waals surface area (Å²) in [5.74, 6) is -0.300. The lowest BCUT2D eigenvalue weighted by molar-refractivity contribution is -0.104. The highest BCUT2D eigenvalue weighted by Gasteiger charge is 2.25. The third-order valence-corrected chi connectivity index (χ3v) is 4.93. The molecule has 0 amide bonds. The number of rotatable bonds is 5. The molecule has 29 heavy (non-hydrogen) atoms. The topological polar surface area (TPSA) is 70.7 Å². The number of nitrogens with one attached hydrogen (secondary N) is 1. The summed E-state index contributed by atoms with van der Waals surface area (Å²) in [6, 6.07) is 11.9. The third-order valence-electron chi connectivity index (χ3n) is 4.58. The second-order valence-corrected chi connectivity index (χ2v) is 7.35. The first-order chi connectivity index (χ1) is 13.9. The highest BCUT2D eigenvalue weighted by atomic mass is 32.2. The van der Waals surface area contributed by atoms with Gasteiger partial charge in [0.2, 0.25) is 0 Å². The van der Waals surface area contributed by atoms with Gasteiger partial charge in [0.1, 0.15) is 12.1 Å². The summed E-state index contributed by atoms with van der Waals surface area (Å²) in [6.45, 7) is 1.95. The van der Waals surface area contributed by atoms with Crippen molar-refractivity contribution < 1.29 is 9.18 Å². The van der Waals surface area contributed by atoms with Gasteiger partial charge < -0.3 is 9.62 Å². The van der Waals surface area contributed by atoms with Crippen molar-refractivity contribution in [1.29, 1.82) is 0 Å². The fourth-order valence-corrected chi connectivity index (χ4v) is 3.62. The summed E-state index contributed by atoms with van der Waals surface area (Å²) < 4.78 is 16.5. The molecule has 0 fully saturated rings. The summed E-state index contributed by atoms with van der Waals surface area (Å²) in [5.41, 5.74) is 5.92. The van der Waals surface area contributed by atoms with E-state index in [1.165, 1.54) is 12.1 Å². The summed E-state index contributed by atoms with van der Waals surface area (Å²) in [7, 11) is 3.86. The monoisotopic (exact) mass is 410 g/mol. The van der Waals surface area contributed by atoms with Gasteiger partial charge in [-0.3, -0.25) is 14.9 Å². The molecule has 0 unspecified atom stereocenters. The van der Waals surface area contributed by atoms with Crippen LogP contribution in [-0.4, -0.2) is 37.0 Å². The lowest BCUT2D eigenvalue weighted by Crippen LogP contribution is -2.09. The van der Waals surface area contributed by atoms with Gasteiger partial charge >= 0.3 is 0 Å². The molecule has 2 aromatic rings. The number of carbonyl (C=O) groups excluding carboxylic acids is 1. The number of hydrogen-bond donors (Lipinski definition) is 2. The molecule has 5 nitrogen and oxygen atoms in total. The van der Waals surface area contributed by atoms with Crippen molar-refractivity contribution in [2.75, 3.05) is 18.8 Å². The molecule has 7 heteroatoms. The fourth-order valence-electron chi connectivity index (χ4n) is 3.36. The zero-order valence-corrected chi connectivity index (χ0v) is 17.3. The molecule has 1 aliphatic rings. The van der Waals surface area contributed by atoms with Crippen LogP contribution in [0.3, 0.4) is 0 Å². The Labute approximate surface area is 174 Å². The standard InChI is InChI=1S/C22H23FN4OS/c1-14-18(10-11-28)21(13-27(2)3)20-12-17(26-29-24)8-9-19(20)22(25-14)15-4-6-16(23)7-5-15/h4-14,26H,24H2,1-3H3/b18-10-,21-13+/t14-/m0/s1. The number of aldehydes is 1. The van der Waals surface area contributed by atoms with Gasteiger partial charge in [-0.25, -0.2) is 4.39 Å². The van der Waals surface area contributed by atoms with Crippen molar-refractivity contribution in [2.24, 2.45) is 10.1 Å². The number of aliphatic imine (C=N–C) groups is 1. The minimum atomic E-state index is -0.300. The maximum atomic E-state index is 13.5. The van der Waals surface area contributed by atoms with Gasteiger partial charge in [0.05, 0.1) is 11.8 Å². The number of halogens is 1. The molecule has 0 aromatic heterocycles. The van der Waals surface area contributed by atoms with E-state index in [9.17, 15) is 9.18 Å². The predicted molar refractivity (Wildman–Crippen MR) is 119 cm³/mol. The Morgan fingerprint density at radius 2 is 1.90 bits per heavy atom. The molecule has 0 saturated heterocycles. The number of nitrogens with two attached hydrogens (primary N) is 1. The first kappa shape index (κ1) is 20.8. The number of benzene rings is 2. The minimum Gasteiger partial charge on any atom is -0.383 e. The van der Waals surface area contributed by atoms with E-state index < -0.39 is 0 Å². The van der Waals surface area contributed by atoms with Gasteiger partial charge in [0, 0.05) is 54.8 Å². The molecule has 1 atom stereocenters. The maximum Gasteiger partial charge on any atom is 0.143 e. The van der Waals surface area contributed by atoms with Crippen LogP contribution < -0.4 is 9.86 Å². The Morgan fingerprint density at radius 3 is 2.52 bits per heavy atom. The highest BCUT2D eigenvalue weighted by Crippen LogP contribution is 2.36. The lowest BCUT2D eigenvalue weighted by atomic mass is 9.89. The Kier molecular flexibility index (Phi) is 6.51. The summed E-state index contributed by atoms with van der Waals surface area (Å²) in [6.07, 6.45) is 4.32. The number of carbonyl (C=O) groups is 1. The van der Waals surface area contributed by atoms with E-state index in [4.69, 9.17) is 10.1 Å². The summed E-state index contributed by atoms with van der Waals surface area (Å²) in [5, 5.41) is 5.58. The van der Waals surface area contributed by atoms with E-state index in [2.05, 4.69) is 4.72 Å². The van der Waals surface area contributed by atoms with Crippen molar-refractivity contribution in [1.82, 2.24) is 4.90 Å². The lowest BCUT2D eigenvalue weighted by Gasteiger charge is -2.18. The average molecular weight is 411 g/mol. The largest absolute Gasteiger partial charge is 0.383 e. The van der Waals surface area contributed by atoms with Crippen molar-refractivity contribution >= 4 is 35.4 Å². The van der Waals surface area contributed by atoms with Crippen molar-refractivity contribution in [3.8, 4) is 0 Å². The van der Waals surface area contributed by atoms with Crippen molar-refractivity contribution in [3.63, 3.8) is 0 Å². The highest BCUT2D eigenvalue weighted by molar-refractivity contribution is 7.98. The molecule has 150 valence electrons. The molecule has 1 heterocycles. The van der Waals surface area contributed by atoms with Crippen LogP contribution in [0.15, 0.2) is 65.3 Å². The molecule has 1 aliphatic heterocycles. The Balaban J connectivity index is 2.32. The van der Waals surface area contributed by atoms with Gasteiger partial charge in [-0.1, -0.05) is 6.07 Å². The molecular formula is C22H23FN4OS. The second kappa shape index (κ2) is 9.07. The van der Waals surface area contributed by atoms with Crippen LogP contribution in [0, 0.1) is 5.82 Å². The van der Waals surface area contributed by atoms with Crippen molar-refractivity contribution in [2.45, 2.75) is 13.0 Å². The summed E-state index contributed by atoms with van der Waals surface area (Å²) >= 11 is 1.01. The second-order valence-electron chi connectivity index (χ2n) is 6.91. The third kappa shape index (κ3) is 4.58. The Bertz CT molecular complexity index is 996. The van der Waals surface area contributed by atoms with Crippen LogP contribution in [0.5, 0.6) is 0 Å². The van der Waals surface area contributed by atoms with E-state index in [1.807, 2.05) is 50.3 Å². The quantitative estimate of drug-likeness (QED) is 0.442. The molecule has 3 rings (SSSR count). The molecule has 2 aromatic carbocycles. The van der Waals surface area contributed by atoms with Crippen LogP contribution in [0.25, 0.3) is 5.57 Å². The van der Waals surface area contributed by atoms with E-state index in [0.717, 1.165) is 57.7 Å². The average Bonchev–Trinajstić information content (AvgIpc) is 2.79. The van der Waals surface area contributed by atoms with E-state index in [1.54, 1.807) is 18.2 Å². The van der Waals surface area contributed by atoms with Crippen LogP contribution in [-0.2, 0) is 4.79 Å². The Hall–Kier alpha value is -2.90. The van der Waals surface area contributed by atoms with Crippen LogP contribution >= 0.6 is 12.1 Å². The van der Waals surface area contributed by atoms with Gasteiger partial charge in [-0.05, 0) is 60.5 Å². The van der Waals surface area contributed by atoms with Gasteiger partial charge in [-0.15, -0.1) is 0 Å². The normalized spacial score (nSPS) is 18.8. The number of anilines is 1. The van der Waals surface area contributed by atoms with Crippen LogP contribution in [0.4, 0.5) is 10.1 Å². The predicted octanol–water partition coefficient (Wildman–Crippen LogP) is 4.03. The van der Waals surface area contributed by atoms with E-state index in [0.29, 0.717) is 0 Å². The first-order valence-corrected chi connectivity index (χ1v) is 9.96. The van der Waals surface area contributed by atoms with Crippen LogP contribution in [0.1, 0.15) is 23.6 Å². The number of hydrogen-bond acceptors (Lipinski definition) is 6. The number of fused-ring (bicyclic) bond motifs is 1. The zero-order chi connectivity index (χ0) is 21.0. The minimum absolute atomic E-state index is 0.265. The molecule has 0 bridgehead atoms. The fraction of sp³-hybridized carbons (Fsp3) is 0.182. The summed E-state index contributed by atoms with van der Waals surface area (Å²) in [4.78, 5) is 18.2. The molecule has 0 radical (unpaired) electrons. The van der Waals surface area contributed by atoms with E-state index >= 15 is 0 Å². The molecule has 0 spiro atoms. The maximum absolute atomic E-state index is 13.5. The molecule has 3 N–H and O–H groups in total. The SMILES string of the molecule is C[C@@H]1N=C(c2ccc(F)cc2)c2ccc(NSN)cc2C(=C/N(C)C)/C1=C\C=O. The smallest absolute Gasteiger partial charge is 0.143 e. The molecule has 0 saturated carbocycles. The number of nitrogens with zero attached hydrogens (tertiary/aromatic N) is 2. The van der Waals surface area contributed by atoms with Crippen LogP contribution in [0.2, 0.25) is 0 Å². The zero-order valence-electron chi connectivity index (χ0n) is 16.5. The van der Waals surface area contributed by atoms with Crippen molar-refractivity contribution in [3.05, 3.63) is 82.8 Å². The van der Waals surface area contributed by atoms with E-state index in [-0.39, 0.29) is 11.9 Å². The van der Waals surface area contributed by atoms with Gasteiger partial charge in [-0.2, -0.15) is 0 Å². The molecular weight excluding hydrogens is 387 g/mol. The first-order valence-electron chi connectivity index (χ1n) is 9.09. The van der Waals surface area contributed by atoms with Gasteiger partial charge in [0.25, 0.3) is 0 Å². The number of allylic oxidation sites excluding steroid dienone is 1. The Morgan fingerprint density at radius 1 is 1.17 bits per heavy atom. The molecule has 0 aliphatic carbocycles.